The Hall–Kier alpha value is -1.56. The maximum Gasteiger partial charge on any atom is 0.251 e. The minimum absolute atomic E-state index is 0.0280. The van der Waals surface area contributed by atoms with Crippen LogP contribution in [0.2, 0.25) is 0 Å². The van der Waals surface area contributed by atoms with Gasteiger partial charge >= 0.3 is 0 Å². The molecule has 2 aromatic rings. The van der Waals surface area contributed by atoms with Crippen LogP contribution in [0.1, 0.15) is 17.3 Å². The van der Waals surface area contributed by atoms with Gasteiger partial charge in [0.25, 0.3) is 5.91 Å². The zero-order chi connectivity index (χ0) is 15.2. The van der Waals surface area contributed by atoms with Crippen molar-refractivity contribution in [1.82, 2.24) is 5.32 Å². The van der Waals surface area contributed by atoms with Crippen molar-refractivity contribution in [2.75, 3.05) is 18.5 Å². The summed E-state index contributed by atoms with van der Waals surface area (Å²) < 4.78 is 1.13. The number of rotatable bonds is 5. The van der Waals surface area contributed by atoms with Gasteiger partial charge in [-0.25, -0.2) is 0 Å². The molecule has 0 spiro atoms. The van der Waals surface area contributed by atoms with Gasteiger partial charge < -0.3 is 10.2 Å². The second-order valence-electron chi connectivity index (χ2n) is 5.01. The highest BCUT2D eigenvalue weighted by Crippen LogP contribution is 2.13. The molecule has 1 atom stereocenters. The molecule has 0 aromatic heterocycles. The summed E-state index contributed by atoms with van der Waals surface area (Å²) in [5.41, 5.74) is 1.85. The Morgan fingerprint density at radius 1 is 1.14 bits per heavy atom. The number of benzene rings is 2. The predicted octanol–water partition coefficient (Wildman–Crippen LogP) is 3.55. The van der Waals surface area contributed by atoms with Crippen molar-refractivity contribution < 1.29 is 4.79 Å². The second kappa shape index (κ2) is 7.45. The lowest BCUT2D eigenvalue weighted by Crippen LogP contribution is -2.40. The van der Waals surface area contributed by atoms with Crippen molar-refractivity contribution in [3.8, 4) is 0 Å². The summed E-state index contributed by atoms with van der Waals surface area (Å²) >= 11 is 2.23. The first-order valence-corrected chi connectivity index (χ1v) is 7.97. The quantitative estimate of drug-likeness (QED) is 0.787. The number of anilines is 1. The van der Waals surface area contributed by atoms with Gasteiger partial charge in [-0.05, 0) is 65.9 Å². The van der Waals surface area contributed by atoms with Gasteiger partial charge in [-0.15, -0.1) is 0 Å². The summed E-state index contributed by atoms with van der Waals surface area (Å²) in [5.74, 6) is -0.0280. The van der Waals surface area contributed by atoms with E-state index in [1.807, 2.05) is 49.5 Å². The van der Waals surface area contributed by atoms with Crippen molar-refractivity contribution in [1.29, 1.82) is 0 Å². The molecule has 0 aliphatic heterocycles. The van der Waals surface area contributed by atoms with Crippen molar-refractivity contribution in [3.05, 3.63) is 63.7 Å². The molecular weight excluding hydrogens is 375 g/mol. The number of carbonyl (C=O) groups excluding carboxylic acids is 1. The fourth-order valence-electron chi connectivity index (χ4n) is 2.00. The van der Waals surface area contributed by atoms with Crippen LogP contribution in [0.4, 0.5) is 5.69 Å². The van der Waals surface area contributed by atoms with Crippen LogP contribution in [0.25, 0.3) is 0 Å². The zero-order valence-corrected chi connectivity index (χ0v) is 14.4. The van der Waals surface area contributed by atoms with Crippen molar-refractivity contribution in [2.45, 2.75) is 13.0 Å². The number of para-hydroxylation sites is 1. The van der Waals surface area contributed by atoms with Crippen LogP contribution in [0.5, 0.6) is 0 Å². The largest absolute Gasteiger partial charge is 0.370 e. The van der Waals surface area contributed by atoms with Gasteiger partial charge in [-0.2, -0.15) is 0 Å². The molecule has 0 bridgehead atoms. The summed E-state index contributed by atoms with van der Waals surface area (Å²) in [6, 6.07) is 18.0. The van der Waals surface area contributed by atoms with Crippen LogP contribution >= 0.6 is 22.6 Å². The minimum Gasteiger partial charge on any atom is -0.370 e. The van der Waals surface area contributed by atoms with Crippen molar-refractivity contribution in [3.63, 3.8) is 0 Å². The molecule has 21 heavy (non-hydrogen) atoms. The highest BCUT2D eigenvalue weighted by Gasteiger charge is 2.12. The standard InChI is InChI=1S/C17H19IN2O/c1-13(20(2)16-6-4-3-5-7-16)12-19-17(21)14-8-10-15(18)11-9-14/h3-11,13H,12H2,1-2H3,(H,19,21). The molecule has 1 N–H and O–H groups in total. The van der Waals surface area contributed by atoms with Gasteiger partial charge in [-0.1, -0.05) is 18.2 Å². The van der Waals surface area contributed by atoms with Crippen LogP contribution in [0.15, 0.2) is 54.6 Å². The van der Waals surface area contributed by atoms with E-state index < -0.39 is 0 Å². The molecule has 0 heterocycles. The number of likely N-dealkylation sites (N-methyl/N-ethyl adjacent to an activating group) is 1. The van der Waals surface area contributed by atoms with Crippen molar-refractivity contribution in [2.24, 2.45) is 0 Å². The molecule has 0 aliphatic carbocycles. The normalized spacial score (nSPS) is 11.8. The first kappa shape index (κ1) is 15.8. The molecule has 0 radical (unpaired) electrons. The Morgan fingerprint density at radius 2 is 1.76 bits per heavy atom. The first-order valence-electron chi connectivity index (χ1n) is 6.89. The van der Waals surface area contributed by atoms with Crippen molar-refractivity contribution >= 4 is 34.2 Å². The van der Waals surface area contributed by atoms with Gasteiger partial charge in [0, 0.05) is 34.5 Å². The van der Waals surface area contributed by atoms with Crippen LogP contribution in [-0.2, 0) is 0 Å². The van der Waals surface area contributed by atoms with E-state index >= 15 is 0 Å². The van der Waals surface area contributed by atoms with E-state index in [-0.39, 0.29) is 11.9 Å². The van der Waals surface area contributed by atoms with Crippen LogP contribution in [-0.4, -0.2) is 25.5 Å². The fourth-order valence-corrected chi connectivity index (χ4v) is 2.36. The van der Waals surface area contributed by atoms with Gasteiger partial charge in [0.05, 0.1) is 0 Å². The highest BCUT2D eigenvalue weighted by molar-refractivity contribution is 14.1. The Labute approximate surface area is 139 Å². The van der Waals surface area contributed by atoms with Crippen LogP contribution in [0.3, 0.4) is 0 Å². The summed E-state index contributed by atoms with van der Waals surface area (Å²) in [5, 5.41) is 2.99. The molecule has 110 valence electrons. The lowest BCUT2D eigenvalue weighted by Gasteiger charge is -2.27. The Kier molecular flexibility index (Phi) is 5.61. The summed E-state index contributed by atoms with van der Waals surface area (Å²) in [6.07, 6.45) is 0. The summed E-state index contributed by atoms with van der Waals surface area (Å²) in [4.78, 5) is 14.2. The summed E-state index contributed by atoms with van der Waals surface area (Å²) in [6.45, 7) is 2.71. The third-order valence-corrected chi connectivity index (χ3v) is 4.21. The SMILES string of the molecule is CC(CNC(=O)c1ccc(I)cc1)N(C)c1ccccc1. The molecule has 1 amide bonds. The molecule has 0 fully saturated rings. The molecule has 3 nitrogen and oxygen atoms in total. The van der Waals surface area contributed by atoms with E-state index in [9.17, 15) is 4.79 Å². The van der Waals surface area contributed by atoms with E-state index in [4.69, 9.17) is 0 Å². The predicted molar refractivity (Wildman–Crippen MR) is 95.8 cm³/mol. The molecular formula is C17H19IN2O. The Balaban J connectivity index is 1.90. The van der Waals surface area contributed by atoms with E-state index in [2.05, 4.69) is 51.9 Å². The number of carbonyl (C=O) groups is 1. The number of amides is 1. The van der Waals surface area contributed by atoms with Gasteiger partial charge in [-0.3, -0.25) is 4.79 Å². The number of hydrogen-bond acceptors (Lipinski definition) is 2. The Bertz CT molecular complexity index is 583. The number of nitrogens with zero attached hydrogens (tertiary/aromatic N) is 1. The molecule has 0 saturated carbocycles. The molecule has 0 aliphatic rings. The topological polar surface area (TPSA) is 32.3 Å². The maximum absolute atomic E-state index is 12.1. The molecule has 4 heteroatoms. The van der Waals surface area contributed by atoms with E-state index in [1.165, 1.54) is 0 Å². The third-order valence-electron chi connectivity index (χ3n) is 3.49. The molecule has 2 aromatic carbocycles. The fraction of sp³-hybridized carbons (Fsp3) is 0.235. The first-order chi connectivity index (χ1) is 10.1. The Morgan fingerprint density at radius 3 is 2.38 bits per heavy atom. The highest BCUT2D eigenvalue weighted by atomic mass is 127. The second-order valence-corrected chi connectivity index (χ2v) is 6.26. The molecule has 0 saturated heterocycles. The smallest absolute Gasteiger partial charge is 0.251 e. The van der Waals surface area contributed by atoms with E-state index in [0.29, 0.717) is 12.1 Å². The monoisotopic (exact) mass is 394 g/mol. The number of hydrogen-bond donors (Lipinski definition) is 1. The number of halogens is 1. The van der Waals surface area contributed by atoms with Crippen LogP contribution in [0, 0.1) is 3.57 Å². The number of nitrogens with one attached hydrogen (secondary N) is 1. The summed E-state index contributed by atoms with van der Waals surface area (Å²) in [7, 11) is 2.04. The lowest BCUT2D eigenvalue weighted by molar-refractivity contribution is 0.0951. The lowest BCUT2D eigenvalue weighted by atomic mass is 10.2. The third kappa shape index (κ3) is 4.46. The van der Waals surface area contributed by atoms with Gasteiger partial charge in [0.2, 0.25) is 0 Å². The van der Waals surface area contributed by atoms with E-state index in [0.717, 1.165) is 9.26 Å². The molecule has 2 rings (SSSR count). The maximum atomic E-state index is 12.1. The van der Waals surface area contributed by atoms with Gasteiger partial charge in [0.1, 0.15) is 0 Å². The molecule has 1 unspecified atom stereocenters. The van der Waals surface area contributed by atoms with Gasteiger partial charge in [0.15, 0.2) is 0 Å². The van der Waals surface area contributed by atoms with Crippen LogP contribution < -0.4 is 10.2 Å². The minimum atomic E-state index is -0.0280. The zero-order valence-electron chi connectivity index (χ0n) is 12.2. The average molecular weight is 394 g/mol. The average Bonchev–Trinajstić information content (AvgIpc) is 2.53. The van der Waals surface area contributed by atoms with E-state index in [1.54, 1.807) is 0 Å².